The third-order valence-electron chi connectivity index (χ3n) is 3.85. The Balaban J connectivity index is 1.92. The van der Waals surface area contributed by atoms with E-state index in [-0.39, 0.29) is 16.7 Å². The van der Waals surface area contributed by atoms with E-state index in [4.69, 9.17) is 9.47 Å². The fraction of sp³-hybridized carbons (Fsp3) is 0.222. The molecule has 0 unspecified atom stereocenters. The lowest BCUT2D eigenvalue weighted by Gasteiger charge is -2.07. The van der Waals surface area contributed by atoms with Crippen molar-refractivity contribution in [3.63, 3.8) is 0 Å². The van der Waals surface area contributed by atoms with Gasteiger partial charge in [-0.15, -0.1) is 0 Å². The molecule has 0 radical (unpaired) electrons. The second kappa shape index (κ2) is 7.17. The number of sulfone groups is 1. The van der Waals surface area contributed by atoms with Crippen LogP contribution in [0, 0.1) is 6.92 Å². The Morgan fingerprint density at radius 1 is 1.08 bits per heavy atom. The van der Waals surface area contributed by atoms with Crippen molar-refractivity contribution in [2.45, 2.75) is 17.8 Å². The Labute approximate surface area is 151 Å². The SMILES string of the molecule is COc1ccc(-c2n[nH]c(S(=O)(=O)Cc3cccc(C)c3)n2)c(OC)c1. The maximum absolute atomic E-state index is 12.6. The molecular formula is C18H19N3O4S. The van der Waals surface area contributed by atoms with E-state index in [0.717, 1.165) is 5.56 Å². The average Bonchev–Trinajstić information content (AvgIpc) is 3.11. The molecule has 1 aromatic heterocycles. The van der Waals surface area contributed by atoms with Crippen LogP contribution in [0.25, 0.3) is 11.4 Å². The largest absolute Gasteiger partial charge is 0.497 e. The number of benzene rings is 2. The lowest BCUT2D eigenvalue weighted by molar-refractivity contribution is 0.395. The zero-order chi connectivity index (χ0) is 18.7. The van der Waals surface area contributed by atoms with Crippen LogP contribution in [0.2, 0.25) is 0 Å². The highest BCUT2D eigenvalue weighted by atomic mass is 32.2. The standard InChI is InChI=1S/C18H19N3O4S/c1-12-5-4-6-13(9-12)11-26(22,23)18-19-17(20-21-18)15-8-7-14(24-2)10-16(15)25-3/h4-10H,11H2,1-3H3,(H,19,20,21). The zero-order valence-electron chi connectivity index (χ0n) is 14.7. The summed E-state index contributed by atoms with van der Waals surface area (Å²) < 4.78 is 35.7. The van der Waals surface area contributed by atoms with E-state index in [1.54, 1.807) is 31.4 Å². The number of nitrogens with one attached hydrogen (secondary N) is 1. The third-order valence-corrected chi connectivity index (χ3v) is 5.33. The Hall–Kier alpha value is -2.87. The second-order valence-corrected chi connectivity index (χ2v) is 7.68. The van der Waals surface area contributed by atoms with Crippen molar-refractivity contribution in [2.24, 2.45) is 0 Å². The minimum atomic E-state index is -3.64. The number of nitrogens with zero attached hydrogens (tertiary/aromatic N) is 2. The van der Waals surface area contributed by atoms with Crippen LogP contribution < -0.4 is 9.47 Å². The molecule has 0 saturated carbocycles. The number of hydrogen-bond acceptors (Lipinski definition) is 6. The van der Waals surface area contributed by atoms with Crippen molar-refractivity contribution in [3.05, 3.63) is 53.6 Å². The van der Waals surface area contributed by atoms with Crippen molar-refractivity contribution in [3.8, 4) is 22.9 Å². The molecule has 2 aromatic carbocycles. The van der Waals surface area contributed by atoms with Crippen LogP contribution in [-0.4, -0.2) is 37.8 Å². The van der Waals surface area contributed by atoms with Gasteiger partial charge in [0.1, 0.15) is 11.5 Å². The van der Waals surface area contributed by atoms with Gasteiger partial charge in [-0.2, -0.15) is 10.1 Å². The molecule has 3 aromatic rings. The molecule has 0 fully saturated rings. The lowest BCUT2D eigenvalue weighted by atomic mass is 10.2. The van der Waals surface area contributed by atoms with Gasteiger partial charge >= 0.3 is 0 Å². The van der Waals surface area contributed by atoms with Crippen molar-refractivity contribution >= 4 is 9.84 Å². The van der Waals surface area contributed by atoms with E-state index < -0.39 is 9.84 Å². The monoisotopic (exact) mass is 373 g/mol. The first-order chi connectivity index (χ1) is 12.4. The number of hydrogen-bond donors (Lipinski definition) is 1. The number of rotatable bonds is 6. The summed E-state index contributed by atoms with van der Waals surface area (Å²) in [4.78, 5) is 4.16. The number of methoxy groups -OCH3 is 2. The molecule has 0 spiro atoms. The zero-order valence-corrected chi connectivity index (χ0v) is 15.5. The Morgan fingerprint density at radius 2 is 1.88 bits per heavy atom. The van der Waals surface area contributed by atoms with E-state index in [9.17, 15) is 8.42 Å². The molecule has 136 valence electrons. The van der Waals surface area contributed by atoms with Crippen LogP contribution in [-0.2, 0) is 15.6 Å². The van der Waals surface area contributed by atoms with E-state index in [1.165, 1.54) is 7.11 Å². The Bertz CT molecular complexity index is 1030. The molecule has 26 heavy (non-hydrogen) atoms. The van der Waals surface area contributed by atoms with E-state index in [0.29, 0.717) is 22.6 Å². The molecule has 3 rings (SSSR count). The van der Waals surface area contributed by atoms with Gasteiger partial charge in [-0.25, -0.2) is 13.5 Å². The van der Waals surface area contributed by atoms with Crippen LogP contribution in [0.3, 0.4) is 0 Å². The maximum Gasteiger partial charge on any atom is 0.243 e. The van der Waals surface area contributed by atoms with Gasteiger partial charge < -0.3 is 9.47 Å². The first kappa shape index (κ1) is 17.9. The van der Waals surface area contributed by atoms with Crippen LogP contribution in [0.5, 0.6) is 11.5 Å². The Kier molecular flexibility index (Phi) is 4.94. The van der Waals surface area contributed by atoms with Gasteiger partial charge in [0.2, 0.25) is 15.0 Å². The summed E-state index contributed by atoms with van der Waals surface area (Å²) in [5.74, 6) is 1.20. The summed E-state index contributed by atoms with van der Waals surface area (Å²) >= 11 is 0. The van der Waals surface area contributed by atoms with Gasteiger partial charge in [-0.3, -0.25) is 0 Å². The molecule has 1 heterocycles. The summed E-state index contributed by atoms with van der Waals surface area (Å²) in [7, 11) is -0.577. The highest BCUT2D eigenvalue weighted by molar-refractivity contribution is 7.90. The normalized spacial score (nSPS) is 11.3. The van der Waals surface area contributed by atoms with Crippen LogP contribution >= 0.6 is 0 Å². The van der Waals surface area contributed by atoms with E-state index in [1.807, 2.05) is 25.1 Å². The highest BCUT2D eigenvalue weighted by Gasteiger charge is 2.22. The average molecular weight is 373 g/mol. The number of aromatic nitrogens is 3. The topological polar surface area (TPSA) is 94.2 Å². The molecule has 1 N–H and O–H groups in total. The lowest BCUT2D eigenvalue weighted by Crippen LogP contribution is -2.07. The van der Waals surface area contributed by atoms with Crippen LogP contribution in [0.1, 0.15) is 11.1 Å². The van der Waals surface area contributed by atoms with E-state index in [2.05, 4.69) is 15.2 Å². The van der Waals surface area contributed by atoms with Gasteiger partial charge in [0, 0.05) is 6.07 Å². The van der Waals surface area contributed by atoms with Crippen molar-refractivity contribution in [1.29, 1.82) is 0 Å². The molecule has 7 nitrogen and oxygen atoms in total. The summed E-state index contributed by atoms with van der Waals surface area (Å²) in [6.07, 6.45) is 0. The van der Waals surface area contributed by atoms with Crippen molar-refractivity contribution < 1.29 is 17.9 Å². The highest BCUT2D eigenvalue weighted by Crippen LogP contribution is 2.31. The number of aromatic amines is 1. The van der Waals surface area contributed by atoms with Gasteiger partial charge in [-0.1, -0.05) is 29.8 Å². The predicted octanol–water partition coefficient (Wildman–Crippen LogP) is 2.77. The minimum absolute atomic E-state index is 0.150. The second-order valence-electron chi connectivity index (χ2n) is 5.78. The van der Waals surface area contributed by atoms with Crippen LogP contribution in [0.4, 0.5) is 0 Å². The maximum atomic E-state index is 12.6. The number of aryl methyl sites for hydroxylation is 1. The first-order valence-corrected chi connectivity index (χ1v) is 9.51. The predicted molar refractivity (Wildman–Crippen MR) is 97.0 cm³/mol. The molecule has 0 aliphatic carbocycles. The number of ether oxygens (including phenoxy) is 2. The molecule has 0 bridgehead atoms. The molecule has 0 saturated heterocycles. The summed E-state index contributed by atoms with van der Waals surface area (Å²) in [6.45, 7) is 1.92. The van der Waals surface area contributed by atoms with E-state index >= 15 is 0 Å². The van der Waals surface area contributed by atoms with Crippen molar-refractivity contribution in [1.82, 2.24) is 15.2 Å². The molecule has 0 atom stereocenters. The summed E-state index contributed by atoms with van der Waals surface area (Å²) in [6, 6.07) is 12.5. The number of H-pyrrole nitrogens is 1. The molecule has 0 aliphatic heterocycles. The summed E-state index contributed by atoms with van der Waals surface area (Å²) in [5.41, 5.74) is 2.27. The summed E-state index contributed by atoms with van der Waals surface area (Å²) in [5, 5.41) is 6.39. The van der Waals surface area contributed by atoms with Gasteiger partial charge in [0.15, 0.2) is 5.82 Å². The van der Waals surface area contributed by atoms with Crippen molar-refractivity contribution in [2.75, 3.05) is 14.2 Å². The fourth-order valence-corrected chi connectivity index (χ4v) is 3.74. The molecule has 0 aliphatic rings. The smallest absolute Gasteiger partial charge is 0.243 e. The third kappa shape index (κ3) is 3.70. The Morgan fingerprint density at radius 3 is 2.58 bits per heavy atom. The molecule has 8 heteroatoms. The van der Waals surface area contributed by atoms with Crippen LogP contribution in [0.15, 0.2) is 47.6 Å². The van der Waals surface area contributed by atoms with Gasteiger partial charge in [-0.05, 0) is 24.6 Å². The van der Waals surface area contributed by atoms with Gasteiger partial charge in [0.05, 0.1) is 25.5 Å². The first-order valence-electron chi connectivity index (χ1n) is 7.86. The molecular weight excluding hydrogens is 354 g/mol. The molecule has 0 amide bonds. The van der Waals surface area contributed by atoms with Gasteiger partial charge in [0.25, 0.3) is 0 Å². The quantitative estimate of drug-likeness (QED) is 0.714. The fourth-order valence-electron chi connectivity index (χ4n) is 2.58. The minimum Gasteiger partial charge on any atom is -0.497 e.